The number of aliphatic hydroxyl groups is 1. The summed E-state index contributed by atoms with van der Waals surface area (Å²) < 4.78 is 20.9. The highest BCUT2D eigenvalue weighted by Gasteiger charge is 2.45. The van der Waals surface area contributed by atoms with Crippen molar-refractivity contribution in [3.63, 3.8) is 0 Å². The van der Waals surface area contributed by atoms with Gasteiger partial charge in [0.05, 0.1) is 11.5 Å². The summed E-state index contributed by atoms with van der Waals surface area (Å²) in [6.45, 7) is 0.0340. The van der Waals surface area contributed by atoms with E-state index in [2.05, 4.69) is 0 Å². The predicted molar refractivity (Wildman–Crippen MR) is 32.7 cm³/mol. The fourth-order valence-electron chi connectivity index (χ4n) is 0.894. The minimum Gasteiger partial charge on any atom is -0.386 e. The largest absolute Gasteiger partial charge is 0.386 e. The summed E-state index contributed by atoms with van der Waals surface area (Å²) in [4.78, 5) is 0. The minimum absolute atomic E-state index is 0.0340. The van der Waals surface area contributed by atoms with Gasteiger partial charge < -0.3 is 10.8 Å². The van der Waals surface area contributed by atoms with Crippen molar-refractivity contribution in [3.8, 4) is 0 Å². The van der Waals surface area contributed by atoms with E-state index in [0.717, 1.165) is 0 Å². The van der Waals surface area contributed by atoms with Gasteiger partial charge in [-0.05, 0) is 0 Å². The first-order chi connectivity index (χ1) is 3.97. The molecule has 0 spiro atoms. The van der Waals surface area contributed by atoms with Crippen molar-refractivity contribution in [2.45, 2.75) is 5.60 Å². The molecule has 4 nitrogen and oxygen atoms in total. The van der Waals surface area contributed by atoms with Crippen LogP contribution in [0.4, 0.5) is 0 Å². The summed E-state index contributed by atoms with van der Waals surface area (Å²) in [6, 6.07) is 0. The van der Waals surface area contributed by atoms with Crippen molar-refractivity contribution >= 4 is 9.84 Å². The number of hydrogen-bond acceptors (Lipinski definition) is 4. The van der Waals surface area contributed by atoms with Crippen molar-refractivity contribution in [2.75, 3.05) is 18.1 Å². The van der Waals surface area contributed by atoms with Gasteiger partial charge in [-0.1, -0.05) is 0 Å². The molecule has 0 aromatic carbocycles. The lowest BCUT2D eigenvalue weighted by Crippen LogP contribution is -2.59. The predicted octanol–water partition coefficient (Wildman–Crippen LogP) is -1.90. The van der Waals surface area contributed by atoms with E-state index >= 15 is 0 Å². The summed E-state index contributed by atoms with van der Waals surface area (Å²) in [5.74, 6) is -0.340. The molecule has 1 aliphatic rings. The summed E-state index contributed by atoms with van der Waals surface area (Å²) in [5.41, 5.74) is 3.96. The van der Waals surface area contributed by atoms with Crippen LogP contribution in [0.5, 0.6) is 0 Å². The first-order valence-electron chi connectivity index (χ1n) is 2.60. The lowest BCUT2D eigenvalue weighted by Gasteiger charge is -2.34. The SMILES string of the molecule is NCC1(O)CS(=O)(=O)C1. The molecule has 0 atom stereocenters. The normalized spacial score (nSPS) is 29.1. The lowest BCUT2D eigenvalue weighted by atomic mass is 10.1. The third kappa shape index (κ3) is 1.23. The first kappa shape index (κ1) is 6.98. The van der Waals surface area contributed by atoms with Crippen molar-refractivity contribution in [2.24, 2.45) is 5.73 Å². The van der Waals surface area contributed by atoms with Crippen molar-refractivity contribution in [3.05, 3.63) is 0 Å². The molecule has 0 amide bonds. The number of hydrogen-bond donors (Lipinski definition) is 2. The summed E-state index contributed by atoms with van der Waals surface area (Å²) in [6.07, 6.45) is 0. The minimum atomic E-state index is -2.93. The third-order valence-corrected chi connectivity index (χ3v) is 3.31. The standard InChI is InChI=1S/C4H9NO3S/c5-1-4(6)2-9(7,8)3-4/h6H,1-3,5H2. The van der Waals surface area contributed by atoms with E-state index < -0.39 is 15.4 Å². The van der Waals surface area contributed by atoms with Gasteiger partial charge in [0.2, 0.25) is 0 Å². The van der Waals surface area contributed by atoms with Crippen LogP contribution in [0.25, 0.3) is 0 Å². The average molecular weight is 151 g/mol. The van der Waals surface area contributed by atoms with Crippen LogP contribution in [-0.4, -0.2) is 37.2 Å². The number of sulfone groups is 1. The monoisotopic (exact) mass is 151 g/mol. The van der Waals surface area contributed by atoms with Gasteiger partial charge in [0, 0.05) is 6.54 Å². The molecule has 1 aliphatic heterocycles. The molecule has 1 rings (SSSR count). The van der Waals surface area contributed by atoms with E-state index in [-0.39, 0.29) is 18.1 Å². The highest BCUT2D eigenvalue weighted by atomic mass is 32.2. The van der Waals surface area contributed by atoms with Crippen LogP contribution in [0.2, 0.25) is 0 Å². The number of rotatable bonds is 1. The number of nitrogens with two attached hydrogens (primary N) is 1. The van der Waals surface area contributed by atoms with Gasteiger partial charge in [0.1, 0.15) is 5.60 Å². The molecule has 9 heavy (non-hydrogen) atoms. The fourth-order valence-corrected chi connectivity index (χ4v) is 2.68. The zero-order valence-electron chi connectivity index (χ0n) is 4.87. The maximum absolute atomic E-state index is 10.4. The van der Waals surface area contributed by atoms with Gasteiger partial charge in [-0.25, -0.2) is 8.42 Å². The quantitative estimate of drug-likeness (QED) is 0.459. The molecule has 0 unspecified atom stereocenters. The van der Waals surface area contributed by atoms with E-state index in [1.807, 2.05) is 0 Å². The maximum Gasteiger partial charge on any atom is 0.156 e. The second kappa shape index (κ2) is 1.68. The van der Waals surface area contributed by atoms with E-state index in [4.69, 9.17) is 10.8 Å². The highest BCUT2D eigenvalue weighted by Crippen LogP contribution is 2.21. The molecule has 0 aromatic heterocycles. The smallest absolute Gasteiger partial charge is 0.156 e. The molecular formula is C4H9NO3S. The van der Waals surface area contributed by atoms with Gasteiger partial charge in [-0.2, -0.15) is 0 Å². The Labute approximate surface area is 53.6 Å². The van der Waals surface area contributed by atoms with Crippen LogP contribution in [0.15, 0.2) is 0 Å². The van der Waals surface area contributed by atoms with Gasteiger partial charge in [-0.15, -0.1) is 0 Å². The van der Waals surface area contributed by atoms with E-state index in [1.165, 1.54) is 0 Å². The highest BCUT2D eigenvalue weighted by molar-refractivity contribution is 7.93. The van der Waals surface area contributed by atoms with Gasteiger partial charge in [-0.3, -0.25) is 0 Å². The first-order valence-corrected chi connectivity index (χ1v) is 4.42. The zero-order valence-corrected chi connectivity index (χ0v) is 5.69. The van der Waals surface area contributed by atoms with Crippen molar-refractivity contribution in [1.82, 2.24) is 0 Å². The zero-order chi connectivity index (χ0) is 7.12. The Balaban J connectivity index is 2.61. The van der Waals surface area contributed by atoms with Crippen LogP contribution >= 0.6 is 0 Å². The molecule has 1 saturated heterocycles. The Hall–Kier alpha value is -0.130. The molecule has 0 bridgehead atoms. The van der Waals surface area contributed by atoms with E-state index in [9.17, 15) is 8.42 Å². The fraction of sp³-hybridized carbons (Fsp3) is 1.00. The Morgan fingerprint density at radius 3 is 2.11 bits per heavy atom. The maximum atomic E-state index is 10.4. The molecule has 0 aliphatic carbocycles. The summed E-state index contributed by atoms with van der Waals surface area (Å²) >= 11 is 0. The van der Waals surface area contributed by atoms with Gasteiger partial charge in [0.25, 0.3) is 0 Å². The van der Waals surface area contributed by atoms with E-state index in [0.29, 0.717) is 0 Å². The second-order valence-corrected chi connectivity index (χ2v) is 4.53. The van der Waals surface area contributed by atoms with Gasteiger partial charge >= 0.3 is 0 Å². The molecule has 1 fully saturated rings. The molecule has 1 heterocycles. The topological polar surface area (TPSA) is 80.4 Å². The second-order valence-electron chi connectivity index (χ2n) is 2.46. The Morgan fingerprint density at radius 2 is 2.00 bits per heavy atom. The Morgan fingerprint density at radius 1 is 1.56 bits per heavy atom. The average Bonchev–Trinajstić information content (AvgIpc) is 1.61. The Bertz CT molecular complexity index is 196. The van der Waals surface area contributed by atoms with E-state index in [1.54, 1.807) is 0 Å². The van der Waals surface area contributed by atoms with Crippen LogP contribution < -0.4 is 5.73 Å². The summed E-state index contributed by atoms with van der Waals surface area (Å²) in [5, 5.41) is 9.05. The van der Waals surface area contributed by atoms with Crippen molar-refractivity contribution in [1.29, 1.82) is 0 Å². The van der Waals surface area contributed by atoms with Crippen molar-refractivity contribution < 1.29 is 13.5 Å². The van der Waals surface area contributed by atoms with Crippen LogP contribution in [0, 0.1) is 0 Å². The van der Waals surface area contributed by atoms with Crippen LogP contribution in [-0.2, 0) is 9.84 Å². The molecule has 0 saturated carbocycles. The molecule has 0 aromatic rings. The molecule has 54 valence electrons. The van der Waals surface area contributed by atoms with Crippen LogP contribution in [0.1, 0.15) is 0 Å². The van der Waals surface area contributed by atoms with Crippen LogP contribution in [0.3, 0.4) is 0 Å². The molecule has 3 N–H and O–H groups in total. The summed E-state index contributed by atoms with van der Waals surface area (Å²) in [7, 11) is -2.93. The molecule has 5 heteroatoms. The molecular weight excluding hydrogens is 142 g/mol. The Kier molecular flexibility index (Phi) is 1.30. The van der Waals surface area contributed by atoms with Gasteiger partial charge in [0.15, 0.2) is 9.84 Å². The third-order valence-electron chi connectivity index (χ3n) is 1.36. The lowest BCUT2D eigenvalue weighted by molar-refractivity contribution is 0.0806. The molecule has 0 radical (unpaired) electrons.